The second-order valence-corrected chi connectivity index (χ2v) is 6.91. The minimum Gasteiger partial charge on any atom is -0.456 e. The smallest absolute Gasteiger partial charge is 0.284 e. The van der Waals surface area contributed by atoms with E-state index in [1.165, 1.54) is 0 Å². The molecular formula is C18H28N2O4. The van der Waals surface area contributed by atoms with Crippen molar-refractivity contribution in [2.75, 3.05) is 20.8 Å². The number of amides is 1. The molecule has 0 radical (unpaired) electrons. The van der Waals surface area contributed by atoms with Gasteiger partial charge in [0.05, 0.1) is 11.7 Å². The zero-order valence-corrected chi connectivity index (χ0v) is 14.8. The minimum absolute atomic E-state index is 0.0718. The zero-order valence-electron chi connectivity index (χ0n) is 14.8. The Kier molecular flexibility index (Phi) is 4.99. The van der Waals surface area contributed by atoms with Crippen molar-refractivity contribution in [3.05, 3.63) is 23.2 Å². The molecule has 0 aromatic carbocycles. The van der Waals surface area contributed by atoms with Crippen molar-refractivity contribution >= 4 is 5.91 Å². The third-order valence-corrected chi connectivity index (χ3v) is 5.82. The van der Waals surface area contributed by atoms with Crippen LogP contribution in [0, 0.1) is 0 Å². The molecule has 1 aromatic heterocycles. The van der Waals surface area contributed by atoms with Gasteiger partial charge in [0.1, 0.15) is 5.76 Å². The Morgan fingerprint density at radius 3 is 2.88 bits per heavy atom. The number of likely N-dealkylation sites (tertiary alicyclic amines) is 1. The summed E-state index contributed by atoms with van der Waals surface area (Å²) in [6.45, 7) is 3.76. The number of furan rings is 1. The van der Waals surface area contributed by atoms with E-state index in [0.717, 1.165) is 56.5 Å². The number of nitrogens with two attached hydrogens (primary N) is 1. The first kappa shape index (κ1) is 17.5. The lowest BCUT2D eigenvalue weighted by Gasteiger charge is -2.43. The summed E-state index contributed by atoms with van der Waals surface area (Å²) in [7, 11) is 3.61. The van der Waals surface area contributed by atoms with Gasteiger partial charge >= 0.3 is 0 Å². The number of aryl methyl sites for hydroxylation is 1. The van der Waals surface area contributed by atoms with Crippen LogP contribution in [0.3, 0.4) is 0 Å². The third-order valence-electron chi connectivity index (χ3n) is 5.82. The summed E-state index contributed by atoms with van der Waals surface area (Å²) in [5, 5.41) is 0. The molecule has 0 unspecified atom stereocenters. The highest BCUT2D eigenvalue weighted by Crippen LogP contribution is 2.43. The lowest BCUT2D eigenvalue weighted by molar-refractivity contribution is -0.0947. The molecule has 3 atom stereocenters. The van der Waals surface area contributed by atoms with Crippen molar-refractivity contribution in [3.63, 3.8) is 0 Å². The molecule has 134 valence electrons. The van der Waals surface area contributed by atoms with E-state index >= 15 is 0 Å². The van der Waals surface area contributed by atoms with Crippen LogP contribution in [0.4, 0.5) is 0 Å². The van der Waals surface area contributed by atoms with Gasteiger partial charge in [-0.3, -0.25) is 9.69 Å². The highest BCUT2D eigenvalue weighted by Gasteiger charge is 2.51. The fourth-order valence-electron chi connectivity index (χ4n) is 4.40. The Morgan fingerprint density at radius 1 is 1.46 bits per heavy atom. The van der Waals surface area contributed by atoms with Gasteiger partial charge in [0.2, 0.25) is 0 Å². The number of hydrogen-bond donors (Lipinski definition) is 1. The number of ether oxygens (including phenoxy) is 2. The summed E-state index contributed by atoms with van der Waals surface area (Å²) in [5.41, 5.74) is 6.34. The molecule has 3 rings (SSSR count). The van der Waals surface area contributed by atoms with Crippen LogP contribution in [0.1, 0.15) is 54.5 Å². The number of primary amides is 1. The Bertz CT molecular complexity index is 600. The molecule has 0 spiro atoms. The predicted octanol–water partition coefficient (Wildman–Crippen LogP) is 2.10. The number of carbonyl (C=O) groups excluding carboxylic acids is 1. The van der Waals surface area contributed by atoms with Gasteiger partial charge in [0.15, 0.2) is 5.76 Å². The molecule has 1 aliphatic carbocycles. The number of nitrogens with zero attached hydrogens (tertiary/aromatic N) is 1. The molecule has 24 heavy (non-hydrogen) atoms. The monoisotopic (exact) mass is 336 g/mol. The van der Waals surface area contributed by atoms with E-state index in [4.69, 9.17) is 19.6 Å². The number of carbonyl (C=O) groups is 1. The first-order valence-electron chi connectivity index (χ1n) is 8.76. The molecule has 2 aliphatic rings. The van der Waals surface area contributed by atoms with Crippen molar-refractivity contribution in [2.24, 2.45) is 5.73 Å². The second kappa shape index (κ2) is 6.86. The van der Waals surface area contributed by atoms with Crippen LogP contribution >= 0.6 is 0 Å². The van der Waals surface area contributed by atoms with Crippen LogP contribution in [0.25, 0.3) is 0 Å². The van der Waals surface area contributed by atoms with Gasteiger partial charge in [-0.15, -0.1) is 0 Å². The first-order chi connectivity index (χ1) is 11.5. The van der Waals surface area contributed by atoms with Crippen LogP contribution < -0.4 is 5.73 Å². The SMILES string of the molecule is CCc1oc(C(N)=O)cc1CN1CC[C@]2(OC)CC[C@H](OC)C[C@H]12. The van der Waals surface area contributed by atoms with Gasteiger partial charge in [-0.25, -0.2) is 0 Å². The van der Waals surface area contributed by atoms with Gasteiger partial charge in [-0.1, -0.05) is 6.92 Å². The largest absolute Gasteiger partial charge is 0.456 e. The molecular weight excluding hydrogens is 308 g/mol. The van der Waals surface area contributed by atoms with Crippen molar-refractivity contribution in [2.45, 2.75) is 63.3 Å². The van der Waals surface area contributed by atoms with Crippen molar-refractivity contribution < 1.29 is 18.7 Å². The summed E-state index contributed by atoms with van der Waals surface area (Å²) in [4.78, 5) is 13.9. The van der Waals surface area contributed by atoms with Crippen molar-refractivity contribution in [1.82, 2.24) is 4.90 Å². The van der Waals surface area contributed by atoms with Gasteiger partial charge in [0, 0.05) is 45.3 Å². The van der Waals surface area contributed by atoms with Crippen LogP contribution in [-0.4, -0.2) is 49.3 Å². The van der Waals surface area contributed by atoms with E-state index < -0.39 is 5.91 Å². The number of fused-ring (bicyclic) bond motifs is 1. The molecule has 0 bridgehead atoms. The number of methoxy groups -OCH3 is 2. The zero-order chi connectivity index (χ0) is 17.3. The van der Waals surface area contributed by atoms with Crippen LogP contribution in [0.2, 0.25) is 0 Å². The second-order valence-electron chi connectivity index (χ2n) is 6.91. The van der Waals surface area contributed by atoms with Gasteiger partial charge in [-0.2, -0.15) is 0 Å². The predicted molar refractivity (Wildman–Crippen MR) is 89.8 cm³/mol. The highest BCUT2D eigenvalue weighted by molar-refractivity contribution is 5.90. The number of hydrogen-bond acceptors (Lipinski definition) is 5. The van der Waals surface area contributed by atoms with Crippen LogP contribution in [0.5, 0.6) is 0 Å². The fourth-order valence-corrected chi connectivity index (χ4v) is 4.40. The van der Waals surface area contributed by atoms with Gasteiger partial charge in [-0.05, 0) is 31.7 Å². The Balaban J connectivity index is 1.81. The molecule has 1 aliphatic heterocycles. The molecule has 1 saturated carbocycles. The first-order valence-corrected chi connectivity index (χ1v) is 8.76. The molecule has 6 heteroatoms. The van der Waals surface area contributed by atoms with Crippen molar-refractivity contribution in [3.8, 4) is 0 Å². The van der Waals surface area contributed by atoms with Gasteiger partial charge in [0.25, 0.3) is 5.91 Å². The quantitative estimate of drug-likeness (QED) is 0.861. The normalized spacial score (nSPS) is 30.5. The van der Waals surface area contributed by atoms with E-state index in [1.54, 1.807) is 13.2 Å². The maximum absolute atomic E-state index is 11.4. The standard InChI is InChI=1S/C18H28N2O4/c1-4-14-12(9-15(24-14)17(19)21)11-20-8-7-18(23-3)6-5-13(22-2)10-16(18)20/h9,13,16H,4-8,10-11H2,1-3H3,(H2,19,21)/t13-,16-,18+/m0/s1. The van der Waals surface area contributed by atoms with Gasteiger partial charge < -0.3 is 19.6 Å². The average Bonchev–Trinajstić information content (AvgIpc) is 3.17. The van der Waals surface area contributed by atoms with E-state index in [2.05, 4.69) is 4.90 Å². The highest BCUT2D eigenvalue weighted by atomic mass is 16.5. The van der Waals surface area contributed by atoms with E-state index in [0.29, 0.717) is 6.04 Å². The van der Waals surface area contributed by atoms with E-state index in [9.17, 15) is 4.79 Å². The Hall–Kier alpha value is -1.37. The Morgan fingerprint density at radius 2 is 2.25 bits per heavy atom. The molecule has 2 N–H and O–H groups in total. The lowest BCUT2D eigenvalue weighted by Crippen LogP contribution is -2.51. The maximum Gasteiger partial charge on any atom is 0.284 e. The molecule has 2 fully saturated rings. The minimum atomic E-state index is -0.513. The number of rotatable bonds is 6. The molecule has 1 saturated heterocycles. The van der Waals surface area contributed by atoms with Crippen LogP contribution in [0.15, 0.2) is 10.5 Å². The van der Waals surface area contributed by atoms with E-state index in [-0.39, 0.29) is 17.5 Å². The maximum atomic E-state index is 11.4. The fraction of sp³-hybridized carbons (Fsp3) is 0.722. The van der Waals surface area contributed by atoms with Crippen molar-refractivity contribution in [1.29, 1.82) is 0 Å². The summed E-state index contributed by atoms with van der Waals surface area (Å²) >= 11 is 0. The summed E-state index contributed by atoms with van der Waals surface area (Å²) in [6, 6.07) is 2.13. The topological polar surface area (TPSA) is 77.9 Å². The molecule has 2 heterocycles. The summed E-state index contributed by atoms with van der Waals surface area (Å²) in [6.07, 6.45) is 5.12. The lowest BCUT2D eigenvalue weighted by atomic mass is 9.79. The summed E-state index contributed by atoms with van der Waals surface area (Å²) < 4.78 is 17.2. The third kappa shape index (κ3) is 2.98. The van der Waals surface area contributed by atoms with E-state index in [1.807, 2.05) is 14.0 Å². The average molecular weight is 336 g/mol. The molecule has 6 nitrogen and oxygen atoms in total. The molecule has 1 aromatic rings. The van der Waals surface area contributed by atoms with Crippen LogP contribution in [-0.2, 0) is 22.4 Å². The Labute approximate surface area is 143 Å². The molecule has 1 amide bonds. The summed E-state index contributed by atoms with van der Waals surface area (Å²) in [5.74, 6) is 0.580.